The van der Waals surface area contributed by atoms with Gasteiger partial charge in [0.2, 0.25) is 5.82 Å². The second-order valence-electron chi connectivity index (χ2n) is 8.19. The zero-order valence-electron chi connectivity index (χ0n) is 19.6. The second kappa shape index (κ2) is 9.83. The highest BCUT2D eigenvalue weighted by Crippen LogP contribution is 2.43. The largest absolute Gasteiger partial charge is 0.451 e. The molecule has 0 bridgehead atoms. The number of nitro benzene ring substituents is 1. The number of nitrogens with zero attached hydrogens (tertiary/aromatic N) is 3. The first-order chi connectivity index (χ1) is 18.1. The summed E-state index contributed by atoms with van der Waals surface area (Å²) >= 11 is 0. The number of alkyl halides is 3. The van der Waals surface area contributed by atoms with Crippen LogP contribution in [0.15, 0.2) is 82.6 Å². The monoisotopic (exact) mass is 579 g/mol. The number of aromatic nitrogens is 2. The highest BCUT2D eigenvalue weighted by Gasteiger charge is 2.38. The molecule has 4 aromatic rings. The lowest BCUT2D eigenvalue weighted by Gasteiger charge is -2.18. The van der Waals surface area contributed by atoms with Crippen LogP contribution in [-0.2, 0) is 26.1 Å². The molecular weight excluding hydrogens is 563 g/mol. The first-order valence-corrected chi connectivity index (χ1v) is 14.0. The van der Waals surface area contributed by atoms with Gasteiger partial charge in [0.25, 0.3) is 15.8 Å². The Morgan fingerprint density at radius 1 is 0.846 bits per heavy atom. The highest BCUT2D eigenvalue weighted by atomic mass is 32.2. The highest BCUT2D eigenvalue weighted by molar-refractivity contribution is 7.90. The van der Waals surface area contributed by atoms with Crippen molar-refractivity contribution in [3.05, 3.63) is 88.7 Å². The number of benzene rings is 3. The van der Waals surface area contributed by atoms with E-state index in [4.69, 9.17) is 0 Å². The Balaban J connectivity index is 2.21. The summed E-state index contributed by atoms with van der Waals surface area (Å²) in [5, 5.41) is 11.5. The molecule has 39 heavy (non-hydrogen) atoms. The predicted molar refractivity (Wildman–Crippen MR) is 133 cm³/mol. The summed E-state index contributed by atoms with van der Waals surface area (Å²) < 4.78 is 100.0. The van der Waals surface area contributed by atoms with Gasteiger partial charge in [-0.1, -0.05) is 42.5 Å². The molecule has 0 saturated heterocycles. The number of nitro groups is 1. The molecule has 0 aliphatic heterocycles. The molecule has 15 heteroatoms. The lowest BCUT2D eigenvalue weighted by Crippen LogP contribution is -2.14. The van der Waals surface area contributed by atoms with Crippen molar-refractivity contribution >= 4 is 25.6 Å². The molecule has 10 nitrogen and oxygen atoms in total. The molecule has 0 spiro atoms. The van der Waals surface area contributed by atoms with E-state index in [9.17, 15) is 44.7 Å². The fourth-order valence-corrected chi connectivity index (χ4v) is 5.08. The molecule has 0 saturated carbocycles. The van der Waals surface area contributed by atoms with Gasteiger partial charge >= 0.3 is 6.18 Å². The van der Waals surface area contributed by atoms with E-state index in [0.29, 0.717) is 12.1 Å². The molecule has 3 aromatic carbocycles. The van der Waals surface area contributed by atoms with Crippen LogP contribution < -0.4 is 0 Å². The predicted octanol–water partition coefficient (Wildman–Crippen LogP) is 5.05. The summed E-state index contributed by atoms with van der Waals surface area (Å²) in [7, 11) is -8.75. The summed E-state index contributed by atoms with van der Waals surface area (Å²) in [4.78, 5) is 16.8. The molecule has 0 atom stereocenters. The number of non-ortho nitro benzene ring substituents is 1. The molecule has 0 radical (unpaired) electrons. The average Bonchev–Trinajstić information content (AvgIpc) is 2.86. The van der Waals surface area contributed by atoms with E-state index in [-0.39, 0.29) is 27.3 Å². The Morgan fingerprint density at radius 2 is 1.44 bits per heavy atom. The maximum Gasteiger partial charge on any atom is 0.451 e. The molecule has 0 aliphatic rings. The average molecular weight is 580 g/mol. The second-order valence-corrected chi connectivity index (χ2v) is 11.6. The molecule has 0 fully saturated rings. The Hall–Kier alpha value is -4.21. The molecule has 1 heterocycles. The van der Waals surface area contributed by atoms with Crippen molar-refractivity contribution in [3.63, 3.8) is 0 Å². The van der Waals surface area contributed by atoms with E-state index < -0.39 is 58.7 Å². The van der Waals surface area contributed by atoms with Crippen molar-refractivity contribution < 1.29 is 39.5 Å². The van der Waals surface area contributed by atoms with Gasteiger partial charge in [-0.15, -0.1) is 0 Å². The van der Waals surface area contributed by atoms with Crippen molar-refractivity contribution in [2.45, 2.75) is 16.0 Å². The number of halogens is 3. The Morgan fingerprint density at radius 3 is 1.95 bits per heavy atom. The molecule has 1 N–H and O–H groups in total. The first-order valence-electron chi connectivity index (χ1n) is 10.7. The maximum absolute atomic E-state index is 14.0. The summed E-state index contributed by atoms with van der Waals surface area (Å²) in [6.07, 6.45) is -4.20. The van der Waals surface area contributed by atoms with E-state index in [1.807, 2.05) is 0 Å². The minimum atomic E-state index is -5.15. The minimum Gasteiger partial charge on any atom is -0.282 e. The first kappa shape index (κ1) is 27.8. The van der Waals surface area contributed by atoms with Gasteiger partial charge in [-0.05, 0) is 23.8 Å². The smallest absolute Gasteiger partial charge is 0.282 e. The quantitative estimate of drug-likeness (QED) is 0.187. The third-order valence-electron chi connectivity index (χ3n) is 5.49. The molecular formula is C24H16F3N3O7S2. The number of sulfone groups is 1. The van der Waals surface area contributed by atoms with Gasteiger partial charge in [0.1, 0.15) is 4.90 Å². The van der Waals surface area contributed by atoms with Gasteiger partial charge in [-0.25, -0.2) is 18.4 Å². The fraction of sp³-hybridized carbons (Fsp3) is 0.0833. The number of hydrogen-bond acceptors (Lipinski definition) is 8. The van der Waals surface area contributed by atoms with E-state index >= 15 is 0 Å². The van der Waals surface area contributed by atoms with Crippen LogP contribution in [0, 0.1) is 10.1 Å². The summed E-state index contributed by atoms with van der Waals surface area (Å²) in [6.45, 7) is 0. The van der Waals surface area contributed by atoms with Crippen LogP contribution in [0.4, 0.5) is 18.9 Å². The summed E-state index contributed by atoms with van der Waals surface area (Å²) in [6, 6.07) is 14.5. The minimum absolute atomic E-state index is 0.00856. The molecule has 0 unspecified atom stereocenters. The lowest BCUT2D eigenvalue weighted by molar-refractivity contribution is -0.384. The summed E-state index contributed by atoms with van der Waals surface area (Å²) in [5.74, 6) is -1.70. The van der Waals surface area contributed by atoms with Crippen LogP contribution in [0.5, 0.6) is 0 Å². The van der Waals surface area contributed by atoms with E-state index in [0.717, 1.165) is 24.5 Å². The molecule has 202 valence electrons. The van der Waals surface area contributed by atoms with Crippen LogP contribution in [-0.4, -0.2) is 42.5 Å². The van der Waals surface area contributed by atoms with Gasteiger partial charge in [0.05, 0.1) is 21.2 Å². The van der Waals surface area contributed by atoms with Gasteiger partial charge in [0.15, 0.2) is 9.84 Å². The van der Waals surface area contributed by atoms with Crippen LogP contribution >= 0.6 is 0 Å². The molecule has 0 amide bonds. The number of hydrogen-bond donors (Lipinski definition) is 1. The van der Waals surface area contributed by atoms with Crippen LogP contribution in [0.1, 0.15) is 5.82 Å². The number of rotatable bonds is 6. The standard InChI is InChI=1S/C24H16F3N3O7S2/c1-38(33,34)17-10-7-15(8-11-17)21-20(14-5-3-2-4-6-14)22(29-23(28-21)24(25,26)27)18-13-16(30(31)32)9-12-19(18)39(35,36)37/h2-13H,1H3,(H,35,36,37). The van der Waals surface area contributed by atoms with Crippen LogP contribution in [0.2, 0.25) is 0 Å². The third-order valence-corrected chi connectivity index (χ3v) is 7.53. The van der Waals surface area contributed by atoms with Gasteiger partial charge in [-0.2, -0.15) is 21.6 Å². The van der Waals surface area contributed by atoms with Gasteiger partial charge < -0.3 is 0 Å². The van der Waals surface area contributed by atoms with Crippen molar-refractivity contribution in [3.8, 4) is 33.6 Å². The Bertz CT molecular complexity index is 1810. The zero-order chi connectivity index (χ0) is 28.8. The normalized spacial score (nSPS) is 12.3. The van der Waals surface area contributed by atoms with Crippen LogP contribution in [0.3, 0.4) is 0 Å². The van der Waals surface area contributed by atoms with E-state index in [1.165, 1.54) is 36.4 Å². The topological polar surface area (TPSA) is 157 Å². The van der Waals surface area contributed by atoms with Crippen molar-refractivity contribution in [1.82, 2.24) is 9.97 Å². The van der Waals surface area contributed by atoms with Crippen molar-refractivity contribution in [2.75, 3.05) is 6.26 Å². The van der Waals surface area contributed by atoms with E-state index in [2.05, 4.69) is 9.97 Å². The maximum atomic E-state index is 14.0. The Labute approximate surface area is 219 Å². The zero-order valence-corrected chi connectivity index (χ0v) is 21.2. The third kappa shape index (κ3) is 5.79. The SMILES string of the molecule is CS(=O)(=O)c1ccc(-c2nc(C(F)(F)F)nc(-c3cc([N+](=O)[O-])ccc3S(=O)(=O)O)c2-c2ccccc2)cc1. The molecule has 4 rings (SSSR count). The van der Waals surface area contributed by atoms with Crippen LogP contribution in [0.25, 0.3) is 33.6 Å². The molecule has 0 aliphatic carbocycles. The van der Waals surface area contributed by atoms with Crippen molar-refractivity contribution in [2.24, 2.45) is 0 Å². The van der Waals surface area contributed by atoms with Gasteiger partial charge in [0, 0.05) is 35.1 Å². The van der Waals surface area contributed by atoms with Gasteiger partial charge in [-0.3, -0.25) is 14.7 Å². The fourth-order valence-electron chi connectivity index (χ4n) is 3.77. The van der Waals surface area contributed by atoms with Crippen molar-refractivity contribution in [1.29, 1.82) is 0 Å². The van der Waals surface area contributed by atoms with E-state index in [1.54, 1.807) is 6.07 Å². The lowest BCUT2D eigenvalue weighted by atomic mass is 9.94. The Kier molecular flexibility index (Phi) is 7.01. The summed E-state index contributed by atoms with van der Waals surface area (Å²) in [5.41, 5.74) is -2.32. The molecule has 1 aromatic heterocycles.